The molecule has 0 spiro atoms. The highest BCUT2D eigenvalue weighted by Crippen LogP contribution is 2.58. The Kier molecular flexibility index (Phi) is 14.1. The molecule has 24 rings (SSSR count). The number of phenolic OH excluding ortho intramolecular Hbond substituents is 2. The lowest BCUT2D eigenvalue weighted by molar-refractivity contribution is -0.0680. The number of piperidine rings is 8. The Morgan fingerprint density at radius 1 is 0.400 bits per heavy atom. The lowest BCUT2D eigenvalue weighted by Crippen LogP contribution is -2.60. The van der Waals surface area contributed by atoms with Crippen LogP contribution in [0.2, 0.25) is 0 Å². The predicted octanol–water partition coefficient (Wildman–Crippen LogP) is 13.8. The summed E-state index contributed by atoms with van der Waals surface area (Å²) < 4.78 is 9.86. The number of phenols is 2. The number of fused-ring (bicyclic) bond motifs is 16. The van der Waals surface area contributed by atoms with Crippen molar-refractivity contribution < 1.29 is 10.2 Å². The molecule has 12 aliphatic heterocycles. The summed E-state index contributed by atoms with van der Waals surface area (Å²) in [5, 5.41) is 19.7. The number of aryl methyl sites for hydroxylation is 2. The molecule has 0 radical (unpaired) electrons. The number of rotatable bonds is 4. The smallest absolute Gasteiger partial charge is 0.117 e. The quantitative estimate of drug-likeness (QED) is 0.176. The number of imidazole rings is 4. The van der Waals surface area contributed by atoms with E-state index in [4.69, 9.17) is 19.9 Å². The maximum atomic E-state index is 9.88. The van der Waals surface area contributed by atoms with E-state index >= 15 is 0 Å². The lowest BCUT2D eigenvalue weighted by atomic mass is 9.58. The highest BCUT2D eigenvalue weighted by molar-refractivity contribution is 5.80. The summed E-state index contributed by atoms with van der Waals surface area (Å²) in [6.07, 6.45) is 16.1. The summed E-state index contributed by atoms with van der Waals surface area (Å²) in [6, 6.07) is 27.4. The molecular weight excluding hydrogens is 1110 g/mol. The van der Waals surface area contributed by atoms with Crippen molar-refractivity contribution in [2.45, 2.75) is 206 Å². The third-order valence-corrected chi connectivity index (χ3v) is 26.5. The second-order valence-electron chi connectivity index (χ2n) is 31.7. The van der Waals surface area contributed by atoms with Crippen molar-refractivity contribution >= 4 is 44.1 Å². The molecular formula is C76H100N12O2. The van der Waals surface area contributed by atoms with Crippen molar-refractivity contribution in [2.75, 3.05) is 52.4 Å². The first kappa shape index (κ1) is 58.1. The molecule has 16 aliphatic rings. The Bertz CT molecular complexity index is 3800. The van der Waals surface area contributed by atoms with E-state index in [1.807, 2.05) is 24.3 Å². The molecule has 2 N–H and O–H groups in total. The van der Waals surface area contributed by atoms with Crippen LogP contribution in [0.3, 0.4) is 0 Å². The zero-order valence-electron chi connectivity index (χ0n) is 55.2. The summed E-state index contributed by atoms with van der Waals surface area (Å²) >= 11 is 0. The topological polar surface area (TPSA) is 125 Å². The average molecular weight is 1210 g/mol. The van der Waals surface area contributed by atoms with Crippen molar-refractivity contribution in [3.05, 3.63) is 107 Å². The number of hydrogen-bond donors (Lipinski definition) is 2. The fraction of sp³-hybridized carbons (Fsp3) is 0.632. The normalized spacial score (nSPS) is 37.5. The maximum Gasteiger partial charge on any atom is 0.117 e. The van der Waals surface area contributed by atoms with Crippen molar-refractivity contribution in [2.24, 2.45) is 46.3 Å². The Morgan fingerprint density at radius 2 is 0.733 bits per heavy atom. The number of hydrogen-bond acceptors (Lipinski definition) is 10. The standard InChI is InChI=1S/C20H27N3.C19H25N3O.C19H25N3.C18H23N3O/c1-4-20(3)11-14-10-15-18(20)22(12-14)7-8-23-17-9-13(2)5-6-16(17)21-19(15)23;1-3-19(2)10-12-8-14-17(19)21(11-12)6-7-22-16-9-13(23)4-5-15(16)20-18(14)22;1-3-14-9-13-10-15-18(14)21(11-13)6-7-22-17-8-12(2)4-5-16(17)20-19(15)22;1-2-12-7-11-8-14-17(12)20(10-11)5-6-21-16-9-13(22)3-4-15(16)19-18(14)21/h5-6,9,14-15,18H,4,7-8,10-12H2,1-3H3;4-5,9,12,14,17,23H,3,6-8,10-11H2,1-2H3;4-5,8,13-15,18H,3,6-7,9-11H2,1-2H3;3-4,9,11-12,14,17,22H,2,5-8,10H2,1H3. The first-order chi connectivity index (χ1) is 43.7. The average Bonchev–Trinajstić information content (AvgIpc) is 1.52. The maximum absolute atomic E-state index is 9.88. The van der Waals surface area contributed by atoms with Gasteiger partial charge in [0.1, 0.15) is 34.8 Å². The van der Waals surface area contributed by atoms with Gasteiger partial charge >= 0.3 is 0 Å². The Labute approximate surface area is 533 Å². The van der Waals surface area contributed by atoms with Gasteiger partial charge in [-0.05, 0) is 184 Å². The Morgan fingerprint density at radius 3 is 1.11 bits per heavy atom. The molecule has 476 valence electrons. The van der Waals surface area contributed by atoms with E-state index in [0.29, 0.717) is 64.1 Å². The van der Waals surface area contributed by atoms with Crippen LogP contribution in [0.25, 0.3) is 44.1 Å². The number of aromatic hydroxyl groups is 2. The van der Waals surface area contributed by atoms with Crippen molar-refractivity contribution in [1.82, 2.24) is 57.8 Å². The van der Waals surface area contributed by atoms with Crippen molar-refractivity contribution in [3.8, 4) is 11.5 Å². The van der Waals surface area contributed by atoms with Gasteiger partial charge in [-0.25, -0.2) is 19.9 Å². The van der Waals surface area contributed by atoms with Crippen molar-refractivity contribution in [1.29, 1.82) is 0 Å². The first-order valence-corrected chi connectivity index (χ1v) is 35.9. The summed E-state index contributed by atoms with van der Waals surface area (Å²) in [5.41, 5.74) is 12.9. The van der Waals surface area contributed by atoms with Gasteiger partial charge in [0.2, 0.25) is 0 Å². The van der Waals surface area contributed by atoms with Gasteiger partial charge < -0.3 is 28.5 Å². The van der Waals surface area contributed by atoms with Crippen LogP contribution in [0.5, 0.6) is 11.5 Å². The van der Waals surface area contributed by atoms with Gasteiger partial charge in [-0.1, -0.05) is 66.5 Å². The van der Waals surface area contributed by atoms with Crippen LogP contribution in [0.15, 0.2) is 72.8 Å². The van der Waals surface area contributed by atoms with Gasteiger partial charge in [0.25, 0.3) is 0 Å². The molecule has 90 heavy (non-hydrogen) atoms. The predicted molar refractivity (Wildman–Crippen MR) is 359 cm³/mol. The Balaban J connectivity index is 0.0000000925. The zero-order valence-corrected chi connectivity index (χ0v) is 55.2. The van der Waals surface area contributed by atoms with Gasteiger partial charge in [0.05, 0.1) is 44.1 Å². The number of aromatic nitrogens is 8. The molecule has 4 aliphatic carbocycles. The van der Waals surface area contributed by atoms with E-state index in [-0.39, 0.29) is 0 Å². The largest absolute Gasteiger partial charge is 0.508 e. The summed E-state index contributed by atoms with van der Waals surface area (Å²) in [4.78, 5) is 31.3. The molecule has 4 aromatic heterocycles. The molecule has 20 atom stereocenters. The summed E-state index contributed by atoms with van der Waals surface area (Å²) in [7, 11) is 0. The highest BCUT2D eigenvalue weighted by Gasteiger charge is 2.57. The van der Waals surface area contributed by atoms with Crippen molar-refractivity contribution in [3.63, 3.8) is 0 Å². The van der Waals surface area contributed by atoms with E-state index in [2.05, 4.69) is 130 Å². The summed E-state index contributed by atoms with van der Waals surface area (Å²) in [6.45, 7) is 32.9. The van der Waals surface area contributed by atoms with Gasteiger partial charge in [-0.3, -0.25) is 19.6 Å². The van der Waals surface area contributed by atoms with Crippen LogP contribution < -0.4 is 0 Å². The minimum absolute atomic E-state index is 0.340. The van der Waals surface area contributed by atoms with Crippen LogP contribution in [0.4, 0.5) is 0 Å². The molecule has 14 nitrogen and oxygen atoms in total. The van der Waals surface area contributed by atoms with Crippen LogP contribution in [-0.2, 0) is 26.2 Å². The molecule has 16 bridgehead atoms. The molecule has 4 saturated carbocycles. The molecule has 20 unspecified atom stereocenters. The van der Waals surface area contributed by atoms with E-state index in [0.717, 1.165) is 103 Å². The van der Waals surface area contributed by atoms with Gasteiger partial charge in [-0.2, -0.15) is 0 Å². The molecule has 12 fully saturated rings. The third-order valence-electron chi connectivity index (χ3n) is 26.5. The third kappa shape index (κ3) is 9.24. The fourth-order valence-electron chi connectivity index (χ4n) is 22.7. The van der Waals surface area contributed by atoms with E-state index in [1.165, 1.54) is 173 Å². The second kappa shape index (κ2) is 21.9. The van der Waals surface area contributed by atoms with Gasteiger partial charge in [-0.15, -0.1) is 0 Å². The fourth-order valence-corrected chi connectivity index (χ4v) is 22.7. The van der Waals surface area contributed by atoms with E-state index in [9.17, 15) is 10.2 Å². The molecule has 14 heteroatoms. The second-order valence-corrected chi connectivity index (χ2v) is 31.7. The molecule has 0 amide bonds. The number of benzene rings is 4. The SMILES string of the molecule is CCC1(C)CC2CC3c4nc5ccc(C)cc5n4CCN(C2)C31.CCC1(C)CC2CC3c4nc5ccc(O)cc5n4CCN(C2)C31.CCC1CC2CC3c4nc5ccc(C)cc5n4CCN(C2)C13.CCC1CC2CC3c4nc5ccc(O)cc5n4CCN(C2)C13. The highest BCUT2D eigenvalue weighted by atomic mass is 16.3. The zero-order chi connectivity index (χ0) is 61.2. The monoisotopic (exact) mass is 1210 g/mol. The van der Waals surface area contributed by atoms with Crippen LogP contribution in [0, 0.1) is 60.2 Å². The van der Waals surface area contributed by atoms with E-state index < -0.39 is 0 Å². The minimum atomic E-state index is 0.340. The minimum Gasteiger partial charge on any atom is -0.508 e. The van der Waals surface area contributed by atoms with E-state index in [1.54, 1.807) is 12.1 Å². The molecule has 16 heterocycles. The Hall–Kier alpha value is -5.80. The van der Waals surface area contributed by atoms with Crippen LogP contribution in [0.1, 0.15) is 177 Å². The summed E-state index contributed by atoms with van der Waals surface area (Å²) in [5.74, 6) is 13.5. The lowest BCUT2D eigenvalue weighted by Gasteiger charge is -2.58. The molecule has 8 aromatic rings. The van der Waals surface area contributed by atoms with Gasteiger partial charge in [0.15, 0.2) is 0 Å². The molecule has 8 saturated heterocycles. The number of nitrogens with zero attached hydrogens (tertiary/aromatic N) is 12. The molecule has 4 aromatic carbocycles. The van der Waals surface area contributed by atoms with Crippen LogP contribution >= 0.6 is 0 Å². The van der Waals surface area contributed by atoms with Gasteiger partial charge in [0, 0.05) is 139 Å². The first-order valence-electron chi connectivity index (χ1n) is 35.9. The van der Waals surface area contributed by atoms with Crippen LogP contribution in [-0.4, -0.2) is 145 Å².